The molecule has 0 radical (unpaired) electrons. The number of rotatable bonds is 7. The highest BCUT2D eigenvalue weighted by Gasteiger charge is 2.32. The second-order valence-corrected chi connectivity index (χ2v) is 12.5. The highest BCUT2D eigenvalue weighted by atomic mass is 28.3. The number of allylic oxidation sites excluding steroid dienone is 3. The van der Waals surface area contributed by atoms with E-state index in [0.717, 1.165) is 37.7 Å². The minimum absolute atomic E-state index is 0.389. The Morgan fingerprint density at radius 1 is 1.10 bits per heavy atom. The smallest absolute Gasteiger partial charge is 0.0946 e. The molecule has 0 fully saturated rings. The van der Waals surface area contributed by atoms with Crippen LogP contribution in [-0.2, 0) is 0 Å². The van der Waals surface area contributed by atoms with Gasteiger partial charge in [0.2, 0.25) is 0 Å². The lowest BCUT2D eigenvalue weighted by Gasteiger charge is -2.34. The van der Waals surface area contributed by atoms with Gasteiger partial charge in [0, 0.05) is 5.57 Å². The third kappa shape index (κ3) is 6.09. The molecule has 0 N–H and O–H groups in total. The quantitative estimate of drug-likeness (QED) is 0.393. The summed E-state index contributed by atoms with van der Waals surface area (Å²) in [5.74, 6) is 0. The van der Waals surface area contributed by atoms with Crippen molar-refractivity contribution in [2.45, 2.75) is 84.9 Å². The minimum atomic E-state index is -1.34. The molecule has 0 saturated carbocycles. The molecule has 0 aromatic rings. The topological polar surface area (TPSA) is 23.8 Å². The zero-order valence-electron chi connectivity index (χ0n) is 14.6. The summed E-state index contributed by atoms with van der Waals surface area (Å²) >= 11 is 0. The Bertz CT molecular complexity index is 389. The van der Waals surface area contributed by atoms with Gasteiger partial charge in [0.1, 0.15) is 0 Å². The summed E-state index contributed by atoms with van der Waals surface area (Å²) in [7, 11) is -1.34. The largest absolute Gasteiger partial charge is 0.193 e. The van der Waals surface area contributed by atoms with E-state index in [0.29, 0.717) is 5.04 Å². The van der Waals surface area contributed by atoms with Gasteiger partial charge < -0.3 is 0 Å². The second kappa shape index (κ2) is 8.47. The second-order valence-electron chi connectivity index (χ2n) is 7.27. The molecule has 0 aliphatic heterocycles. The first kappa shape index (κ1) is 19.2. The molecular weight excluding hydrogens is 258 g/mol. The SMILES string of the molecule is CCC/C(C#N)=C(/C/C=C\[Si](C)(C)C(C)(C)C)CCC. The van der Waals surface area contributed by atoms with E-state index in [-0.39, 0.29) is 0 Å². The molecule has 20 heavy (non-hydrogen) atoms. The van der Waals surface area contributed by atoms with Gasteiger partial charge in [-0.2, -0.15) is 5.26 Å². The average Bonchev–Trinajstić information content (AvgIpc) is 2.33. The third-order valence-electron chi connectivity index (χ3n) is 4.45. The molecule has 0 saturated heterocycles. The van der Waals surface area contributed by atoms with Crippen LogP contribution >= 0.6 is 0 Å². The van der Waals surface area contributed by atoms with E-state index in [1.165, 1.54) is 5.57 Å². The molecule has 0 aliphatic carbocycles. The van der Waals surface area contributed by atoms with Crippen molar-refractivity contribution in [3.63, 3.8) is 0 Å². The van der Waals surface area contributed by atoms with Crippen LogP contribution in [0.25, 0.3) is 0 Å². The normalized spacial score (nSPS) is 14.3. The molecule has 0 heterocycles. The molecule has 114 valence electrons. The van der Waals surface area contributed by atoms with E-state index in [1.54, 1.807) is 0 Å². The van der Waals surface area contributed by atoms with Crippen molar-refractivity contribution in [2.75, 3.05) is 0 Å². The first-order valence-corrected chi connectivity index (χ1v) is 11.1. The fourth-order valence-corrected chi connectivity index (χ4v) is 3.19. The summed E-state index contributed by atoms with van der Waals surface area (Å²) in [6, 6.07) is 2.42. The van der Waals surface area contributed by atoms with Crippen LogP contribution in [0.3, 0.4) is 0 Å². The van der Waals surface area contributed by atoms with Gasteiger partial charge in [-0.1, -0.05) is 77.9 Å². The average molecular weight is 292 g/mol. The van der Waals surface area contributed by atoms with Gasteiger partial charge in [0.25, 0.3) is 0 Å². The predicted octanol–water partition coefficient (Wildman–Crippen LogP) is 6.40. The summed E-state index contributed by atoms with van der Waals surface area (Å²) in [5, 5.41) is 9.71. The summed E-state index contributed by atoms with van der Waals surface area (Å²) in [5.41, 5.74) is 4.84. The van der Waals surface area contributed by atoms with E-state index < -0.39 is 8.07 Å². The zero-order valence-corrected chi connectivity index (χ0v) is 15.6. The van der Waals surface area contributed by atoms with E-state index in [2.05, 4.69) is 65.6 Å². The maximum Gasteiger partial charge on any atom is 0.0946 e. The molecule has 0 aromatic carbocycles. The number of nitriles is 1. The van der Waals surface area contributed by atoms with Gasteiger partial charge in [0.05, 0.1) is 14.1 Å². The van der Waals surface area contributed by atoms with Crippen LogP contribution in [0, 0.1) is 11.3 Å². The van der Waals surface area contributed by atoms with Gasteiger partial charge in [0.15, 0.2) is 0 Å². The zero-order chi connectivity index (χ0) is 15.8. The van der Waals surface area contributed by atoms with Crippen molar-refractivity contribution < 1.29 is 0 Å². The highest BCUT2D eigenvalue weighted by Crippen LogP contribution is 2.36. The Kier molecular flexibility index (Phi) is 8.12. The summed E-state index contributed by atoms with van der Waals surface area (Å²) < 4.78 is 0. The standard InChI is InChI=1S/C18H33NSi/c1-8-11-16(17(15-19)12-9-2)13-10-14-20(6,7)18(3,4)5/h10,14H,8-9,11-13H2,1-7H3/b14-10-,17-16-. The summed E-state index contributed by atoms with van der Waals surface area (Å²) in [6.07, 6.45) is 7.46. The molecule has 0 atom stereocenters. The Morgan fingerprint density at radius 2 is 1.65 bits per heavy atom. The van der Waals surface area contributed by atoms with Crippen LogP contribution < -0.4 is 0 Å². The van der Waals surface area contributed by atoms with Gasteiger partial charge >= 0.3 is 0 Å². The molecule has 0 rings (SSSR count). The Morgan fingerprint density at radius 3 is 2.05 bits per heavy atom. The first-order valence-electron chi connectivity index (χ1n) is 7.98. The van der Waals surface area contributed by atoms with E-state index in [1.807, 2.05) is 0 Å². The molecule has 0 amide bonds. The van der Waals surface area contributed by atoms with Crippen molar-refractivity contribution in [3.8, 4) is 6.07 Å². The van der Waals surface area contributed by atoms with Gasteiger partial charge in [-0.3, -0.25) is 0 Å². The minimum Gasteiger partial charge on any atom is -0.193 e. The highest BCUT2D eigenvalue weighted by molar-refractivity contribution is 6.84. The Balaban J connectivity index is 5.02. The first-order chi connectivity index (χ1) is 9.19. The number of hydrogen-bond donors (Lipinski definition) is 0. The maximum atomic E-state index is 9.32. The fourth-order valence-electron chi connectivity index (χ4n) is 1.99. The number of hydrogen-bond acceptors (Lipinski definition) is 1. The lowest BCUT2D eigenvalue weighted by molar-refractivity contribution is 0.728. The monoisotopic (exact) mass is 291 g/mol. The van der Waals surface area contributed by atoms with E-state index in [4.69, 9.17) is 0 Å². The maximum absolute atomic E-state index is 9.32. The van der Waals surface area contributed by atoms with Crippen LogP contribution in [0.2, 0.25) is 18.1 Å². The molecular formula is C18H33NSi. The van der Waals surface area contributed by atoms with Crippen molar-refractivity contribution in [1.29, 1.82) is 5.26 Å². The molecule has 0 bridgehead atoms. The number of nitrogens with zero attached hydrogens (tertiary/aromatic N) is 1. The van der Waals surface area contributed by atoms with Gasteiger partial charge in [-0.15, -0.1) is 0 Å². The van der Waals surface area contributed by atoms with Crippen molar-refractivity contribution in [3.05, 3.63) is 22.9 Å². The fraction of sp³-hybridized carbons (Fsp3) is 0.722. The van der Waals surface area contributed by atoms with Crippen molar-refractivity contribution >= 4 is 8.07 Å². The van der Waals surface area contributed by atoms with Crippen molar-refractivity contribution in [2.24, 2.45) is 0 Å². The lowest BCUT2D eigenvalue weighted by atomic mass is 9.98. The van der Waals surface area contributed by atoms with Crippen LogP contribution in [0.4, 0.5) is 0 Å². The van der Waals surface area contributed by atoms with E-state index >= 15 is 0 Å². The van der Waals surface area contributed by atoms with Crippen LogP contribution in [-0.4, -0.2) is 8.07 Å². The molecule has 0 aromatic heterocycles. The molecule has 1 nitrogen and oxygen atoms in total. The van der Waals surface area contributed by atoms with E-state index in [9.17, 15) is 5.26 Å². The summed E-state index contributed by atoms with van der Waals surface area (Å²) in [4.78, 5) is 0. The van der Waals surface area contributed by atoms with Gasteiger partial charge in [-0.05, 0) is 24.3 Å². The Hall–Kier alpha value is -0.813. The van der Waals surface area contributed by atoms with Crippen LogP contribution in [0.15, 0.2) is 22.9 Å². The summed E-state index contributed by atoms with van der Waals surface area (Å²) in [6.45, 7) is 16.2. The van der Waals surface area contributed by atoms with Crippen molar-refractivity contribution in [1.82, 2.24) is 0 Å². The third-order valence-corrected chi connectivity index (χ3v) is 9.38. The molecule has 0 aliphatic rings. The van der Waals surface area contributed by atoms with Gasteiger partial charge in [-0.25, -0.2) is 0 Å². The van der Waals surface area contributed by atoms with Crippen LogP contribution in [0.5, 0.6) is 0 Å². The predicted molar refractivity (Wildman–Crippen MR) is 93.4 cm³/mol. The molecule has 0 unspecified atom stereocenters. The molecule has 0 spiro atoms. The molecule has 2 heteroatoms. The van der Waals surface area contributed by atoms with Crippen LogP contribution in [0.1, 0.15) is 66.7 Å². The lowest BCUT2D eigenvalue weighted by Crippen LogP contribution is -2.34. The Labute approximate surface area is 127 Å².